The maximum absolute atomic E-state index is 11.6. The Morgan fingerprint density at radius 2 is 1.82 bits per heavy atom. The number of pyridine rings is 1. The molecule has 4 N–H and O–H groups in total. The smallest absolute Gasteiger partial charge is 0.328 e. The maximum Gasteiger partial charge on any atom is 0.328 e. The van der Waals surface area contributed by atoms with Crippen molar-refractivity contribution in [2.24, 2.45) is 0 Å². The number of carbonyl (C=O) groups is 4. The van der Waals surface area contributed by atoms with Crippen molar-refractivity contribution >= 4 is 40.7 Å². The maximum atomic E-state index is 11.6. The lowest BCUT2D eigenvalue weighted by Gasteiger charge is -2.15. The van der Waals surface area contributed by atoms with Crippen LogP contribution in [0, 0.1) is 0 Å². The zero-order chi connectivity index (χ0) is 24.2. The number of nitrogens with one attached hydrogen (secondary N) is 2. The predicted molar refractivity (Wildman–Crippen MR) is 122 cm³/mol. The number of rotatable bonds is 9. The lowest BCUT2D eigenvalue weighted by atomic mass is 10.1. The molecule has 1 aromatic heterocycles. The minimum atomic E-state index is -1.26. The SMILES string of the molecule is CC(COc1ccc(CC2SC(=O)NC2=O)cc1)Nc1ccccn1.O=C(O)C=CC(=O)O. The van der Waals surface area contributed by atoms with Crippen molar-refractivity contribution in [1.29, 1.82) is 0 Å². The number of amides is 2. The van der Waals surface area contributed by atoms with E-state index in [4.69, 9.17) is 14.9 Å². The van der Waals surface area contributed by atoms with Crippen molar-refractivity contribution in [2.45, 2.75) is 24.6 Å². The highest BCUT2D eigenvalue weighted by molar-refractivity contribution is 8.15. The van der Waals surface area contributed by atoms with Crippen LogP contribution < -0.4 is 15.4 Å². The number of anilines is 1. The van der Waals surface area contributed by atoms with Gasteiger partial charge in [0.05, 0.1) is 11.3 Å². The normalized spacial score (nSPS) is 15.8. The van der Waals surface area contributed by atoms with Crippen LogP contribution in [0.25, 0.3) is 0 Å². The van der Waals surface area contributed by atoms with Gasteiger partial charge in [-0.25, -0.2) is 14.6 Å². The minimum Gasteiger partial charge on any atom is -0.491 e. The van der Waals surface area contributed by atoms with Crippen molar-refractivity contribution in [3.8, 4) is 5.75 Å². The van der Waals surface area contributed by atoms with Crippen LogP contribution >= 0.6 is 11.8 Å². The summed E-state index contributed by atoms with van der Waals surface area (Å²) in [5.41, 5.74) is 0.995. The van der Waals surface area contributed by atoms with Gasteiger partial charge in [0, 0.05) is 18.3 Å². The number of hydrogen-bond donors (Lipinski definition) is 4. The monoisotopic (exact) mass is 473 g/mol. The van der Waals surface area contributed by atoms with Gasteiger partial charge in [-0.1, -0.05) is 30.0 Å². The molecule has 0 bridgehead atoms. The topological polar surface area (TPSA) is 155 Å². The molecule has 1 aliphatic heterocycles. The Morgan fingerprint density at radius 3 is 2.33 bits per heavy atom. The molecule has 2 unspecified atom stereocenters. The predicted octanol–water partition coefficient (Wildman–Crippen LogP) is 2.57. The average molecular weight is 474 g/mol. The fourth-order valence-electron chi connectivity index (χ4n) is 2.57. The van der Waals surface area contributed by atoms with Gasteiger partial charge in [-0.2, -0.15) is 0 Å². The molecule has 2 heterocycles. The highest BCUT2D eigenvalue weighted by Crippen LogP contribution is 2.24. The number of carboxylic acids is 2. The van der Waals surface area contributed by atoms with Crippen LogP contribution in [0.3, 0.4) is 0 Å². The molecule has 10 nitrogen and oxygen atoms in total. The highest BCUT2D eigenvalue weighted by atomic mass is 32.2. The minimum absolute atomic E-state index is 0.110. The third-order valence-corrected chi connectivity index (χ3v) is 5.02. The first-order valence-electron chi connectivity index (χ1n) is 9.77. The summed E-state index contributed by atoms with van der Waals surface area (Å²) in [5, 5.41) is 20.6. The Hall–Kier alpha value is -3.86. The van der Waals surface area contributed by atoms with Crippen LogP contribution in [-0.2, 0) is 20.8 Å². The number of aliphatic carboxylic acids is 2. The quantitative estimate of drug-likeness (QED) is 0.399. The van der Waals surface area contributed by atoms with Crippen LogP contribution in [0.5, 0.6) is 5.75 Å². The van der Waals surface area contributed by atoms with E-state index < -0.39 is 11.9 Å². The lowest BCUT2D eigenvalue weighted by molar-refractivity contribution is -0.134. The van der Waals surface area contributed by atoms with Gasteiger partial charge in [-0.3, -0.25) is 14.9 Å². The summed E-state index contributed by atoms with van der Waals surface area (Å²) in [5.74, 6) is -1.15. The zero-order valence-corrected chi connectivity index (χ0v) is 18.5. The van der Waals surface area contributed by atoms with Crippen molar-refractivity contribution in [3.63, 3.8) is 0 Å². The van der Waals surface area contributed by atoms with E-state index >= 15 is 0 Å². The Labute approximate surface area is 194 Å². The number of benzene rings is 1. The Kier molecular flexibility index (Phi) is 9.90. The van der Waals surface area contributed by atoms with E-state index in [1.54, 1.807) is 6.20 Å². The van der Waals surface area contributed by atoms with Crippen molar-refractivity contribution in [3.05, 3.63) is 66.4 Å². The summed E-state index contributed by atoms with van der Waals surface area (Å²) in [7, 11) is 0. The molecular weight excluding hydrogens is 450 g/mol. The number of carbonyl (C=O) groups excluding carboxylic acids is 2. The highest BCUT2D eigenvalue weighted by Gasteiger charge is 2.31. The number of imide groups is 1. The Morgan fingerprint density at radius 1 is 1.15 bits per heavy atom. The summed E-state index contributed by atoms with van der Waals surface area (Å²) < 4.78 is 5.77. The van der Waals surface area contributed by atoms with Gasteiger partial charge in [0.2, 0.25) is 5.91 Å². The molecule has 0 radical (unpaired) electrons. The van der Waals surface area contributed by atoms with Crippen LogP contribution in [0.1, 0.15) is 12.5 Å². The summed E-state index contributed by atoms with van der Waals surface area (Å²) >= 11 is 1.04. The van der Waals surface area contributed by atoms with Gasteiger partial charge in [0.25, 0.3) is 5.24 Å². The van der Waals surface area contributed by atoms with E-state index in [1.165, 1.54) is 0 Å². The van der Waals surface area contributed by atoms with Gasteiger partial charge in [0.15, 0.2) is 0 Å². The number of ether oxygens (including phenoxy) is 1. The summed E-state index contributed by atoms with van der Waals surface area (Å²) in [6, 6.07) is 13.4. The Balaban J connectivity index is 0.000000414. The molecule has 0 spiro atoms. The van der Waals surface area contributed by atoms with E-state index in [0.29, 0.717) is 25.2 Å². The zero-order valence-electron chi connectivity index (χ0n) is 17.6. The first kappa shape index (κ1) is 25.4. The number of nitrogens with zero attached hydrogens (tertiary/aromatic N) is 1. The summed E-state index contributed by atoms with van der Waals surface area (Å²) in [6.07, 6.45) is 3.38. The fourth-order valence-corrected chi connectivity index (χ4v) is 3.43. The average Bonchev–Trinajstić information content (AvgIpc) is 3.09. The van der Waals surface area contributed by atoms with Gasteiger partial charge in [-0.05, 0) is 43.2 Å². The Bertz CT molecular complexity index is 981. The van der Waals surface area contributed by atoms with Crippen molar-refractivity contribution in [1.82, 2.24) is 10.3 Å². The molecule has 2 atom stereocenters. The van der Waals surface area contributed by atoms with Crippen molar-refractivity contribution < 1.29 is 34.1 Å². The van der Waals surface area contributed by atoms with Crippen LogP contribution in [0.4, 0.5) is 10.6 Å². The second kappa shape index (κ2) is 12.9. The standard InChI is InChI=1S/C18H19N3O3S.C4H4O4/c1-12(20-16-4-2-3-9-19-16)11-24-14-7-5-13(6-8-14)10-15-17(22)21-18(23)25-15;5-3(6)1-2-4(7)8/h2-9,12,15H,10-11H2,1H3,(H,19,20)(H,21,22,23);1-2H,(H,5,6)(H,7,8). The summed E-state index contributed by atoms with van der Waals surface area (Å²) in [6.45, 7) is 2.53. The molecule has 2 amide bonds. The molecule has 1 aromatic carbocycles. The first-order chi connectivity index (χ1) is 15.7. The number of carboxylic acid groups (broad SMARTS) is 2. The second-order valence-electron chi connectivity index (χ2n) is 6.81. The molecule has 2 aromatic rings. The molecule has 1 aliphatic rings. The van der Waals surface area contributed by atoms with Crippen LogP contribution in [0.2, 0.25) is 0 Å². The molecule has 174 valence electrons. The van der Waals surface area contributed by atoms with E-state index in [1.807, 2.05) is 49.4 Å². The van der Waals surface area contributed by atoms with Gasteiger partial charge in [-0.15, -0.1) is 0 Å². The number of thioether (sulfide) groups is 1. The third kappa shape index (κ3) is 9.87. The van der Waals surface area contributed by atoms with E-state index in [0.717, 1.165) is 28.9 Å². The second-order valence-corrected chi connectivity index (χ2v) is 7.99. The van der Waals surface area contributed by atoms with E-state index in [-0.39, 0.29) is 22.4 Å². The molecule has 3 rings (SSSR count). The lowest BCUT2D eigenvalue weighted by Crippen LogP contribution is -2.25. The third-order valence-electron chi connectivity index (χ3n) is 4.04. The largest absolute Gasteiger partial charge is 0.491 e. The van der Waals surface area contributed by atoms with Gasteiger partial charge < -0.3 is 20.3 Å². The molecule has 1 saturated heterocycles. The van der Waals surface area contributed by atoms with Gasteiger partial charge >= 0.3 is 11.9 Å². The van der Waals surface area contributed by atoms with Crippen molar-refractivity contribution in [2.75, 3.05) is 11.9 Å². The molecule has 1 fully saturated rings. The van der Waals surface area contributed by atoms with E-state index in [9.17, 15) is 19.2 Å². The van der Waals surface area contributed by atoms with Crippen LogP contribution in [-0.4, -0.2) is 56.2 Å². The summed E-state index contributed by atoms with van der Waals surface area (Å²) in [4.78, 5) is 46.1. The molecule has 33 heavy (non-hydrogen) atoms. The molecule has 11 heteroatoms. The number of aromatic nitrogens is 1. The molecular formula is C22H23N3O7S. The molecule has 0 aliphatic carbocycles. The van der Waals surface area contributed by atoms with Gasteiger partial charge in [0.1, 0.15) is 18.2 Å². The molecule has 0 saturated carbocycles. The fraction of sp³-hybridized carbons (Fsp3) is 0.227. The van der Waals surface area contributed by atoms with E-state index in [2.05, 4.69) is 15.6 Å². The first-order valence-corrected chi connectivity index (χ1v) is 10.7. The number of hydrogen-bond acceptors (Lipinski definition) is 8. The van der Waals surface area contributed by atoms with Crippen LogP contribution in [0.15, 0.2) is 60.8 Å².